The molecule has 5 nitrogen and oxygen atoms in total. The maximum atomic E-state index is 11.3. The van der Waals surface area contributed by atoms with Gasteiger partial charge in [-0.05, 0) is 79.4 Å². The summed E-state index contributed by atoms with van der Waals surface area (Å²) in [5, 5.41) is 10.3. The van der Waals surface area contributed by atoms with Gasteiger partial charge in [-0.3, -0.25) is 0 Å². The van der Waals surface area contributed by atoms with Crippen molar-refractivity contribution in [3.8, 4) is 17.0 Å². The van der Waals surface area contributed by atoms with E-state index in [1.54, 1.807) is 19.2 Å². The Hall–Kier alpha value is -2.79. The van der Waals surface area contributed by atoms with E-state index in [2.05, 4.69) is 4.98 Å². The van der Waals surface area contributed by atoms with Gasteiger partial charge in [0.2, 0.25) is 0 Å². The molecule has 25 heavy (non-hydrogen) atoms. The maximum Gasteiger partial charge on any atom is 0.335 e. The summed E-state index contributed by atoms with van der Waals surface area (Å²) in [6.07, 6.45) is 2.75. The lowest BCUT2D eigenvalue weighted by molar-refractivity contribution is 0.0697. The van der Waals surface area contributed by atoms with Crippen molar-refractivity contribution in [3.63, 3.8) is 0 Å². The van der Waals surface area contributed by atoms with Gasteiger partial charge in [0.05, 0.1) is 12.7 Å². The molecule has 0 saturated heterocycles. The van der Waals surface area contributed by atoms with Gasteiger partial charge >= 0.3 is 5.97 Å². The number of carboxylic acid groups (broad SMARTS) is 1. The van der Waals surface area contributed by atoms with Gasteiger partial charge in [-0.2, -0.15) is 0 Å². The highest BCUT2D eigenvalue weighted by Crippen LogP contribution is 2.33. The van der Waals surface area contributed by atoms with Crippen molar-refractivity contribution < 1.29 is 14.6 Å². The molecule has 4 N–H and O–H groups in total. The second-order valence-electron chi connectivity index (χ2n) is 6.02. The number of ether oxygens (including phenoxy) is 1. The average Bonchev–Trinajstić information content (AvgIpc) is 3.00. The zero-order chi connectivity index (χ0) is 17.8. The van der Waals surface area contributed by atoms with Crippen LogP contribution in [0.2, 0.25) is 0 Å². The molecule has 3 aromatic rings. The third kappa shape index (κ3) is 3.51. The number of carbonyl (C=O) groups is 1. The fourth-order valence-corrected chi connectivity index (χ4v) is 3.09. The number of hydrogen-bond acceptors (Lipinski definition) is 3. The molecule has 0 bridgehead atoms. The molecule has 0 unspecified atom stereocenters. The van der Waals surface area contributed by atoms with Gasteiger partial charge in [0.1, 0.15) is 5.75 Å². The van der Waals surface area contributed by atoms with Crippen molar-refractivity contribution in [1.82, 2.24) is 4.98 Å². The minimum atomic E-state index is -0.915. The number of aromatic carboxylic acids is 1. The molecule has 5 heteroatoms. The standard InChI is InChI=1S/C20H22N2O3/c1-25-15-8-5-13(6-9-15)19-16(4-2-3-11-21)17-12-14(20(23)24)7-10-18(17)22-19/h5-10,12,22H,2-4,11,21H2,1H3,(H,23,24). The van der Waals surface area contributed by atoms with Gasteiger partial charge < -0.3 is 20.6 Å². The summed E-state index contributed by atoms with van der Waals surface area (Å²) in [6.45, 7) is 0.653. The van der Waals surface area contributed by atoms with Crippen LogP contribution in [0.5, 0.6) is 5.75 Å². The largest absolute Gasteiger partial charge is 0.497 e. The Morgan fingerprint density at radius 3 is 2.56 bits per heavy atom. The molecule has 0 spiro atoms. The molecule has 0 radical (unpaired) electrons. The van der Waals surface area contributed by atoms with Gasteiger partial charge in [-0.1, -0.05) is 0 Å². The Labute approximate surface area is 146 Å². The van der Waals surface area contributed by atoms with Crippen LogP contribution < -0.4 is 10.5 Å². The van der Waals surface area contributed by atoms with Gasteiger partial charge in [-0.15, -0.1) is 0 Å². The number of aromatic nitrogens is 1. The number of hydrogen-bond donors (Lipinski definition) is 3. The summed E-state index contributed by atoms with van der Waals surface area (Å²) < 4.78 is 5.23. The van der Waals surface area contributed by atoms with Crippen LogP contribution >= 0.6 is 0 Å². The van der Waals surface area contributed by atoms with E-state index in [1.807, 2.05) is 30.3 Å². The lowest BCUT2D eigenvalue weighted by Crippen LogP contribution is -1.99. The van der Waals surface area contributed by atoms with Gasteiger partial charge in [0.25, 0.3) is 0 Å². The van der Waals surface area contributed by atoms with E-state index in [9.17, 15) is 9.90 Å². The third-order valence-electron chi connectivity index (χ3n) is 4.41. The Bertz CT molecular complexity index is 882. The molecule has 2 aromatic carbocycles. The number of unbranched alkanes of at least 4 members (excludes halogenated alkanes) is 1. The molecular weight excluding hydrogens is 316 g/mol. The molecule has 0 atom stereocenters. The van der Waals surface area contributed by atoms with Gasteiger partial charge in [0.15, 0.2) is 0 Å². The fourth-order valence-electron chi connectivity index (χ4n) is 3.09. The summed E-state index contributed by atoms with van der Waals surface area (Å²) >= 11 is 0. The van der Waals surface area contributed by atoms with E-state index >= 15 is 0 Å². The highest BCUT2D eigenvalue weighted by Gasteiger charge is 2.15. The predicted octanol–water partition coefficient (Wildman–Crippen LogP) is 3.82. The molecule has 3 rings (SSSR count). The Morgan fingerprint density at radius 2 is 1.92 bits per heavy atom. The number of benzene rings is 2. The fraction of sp³-hybridized carbons (Fsp3) is 0.250. The number of carboxylic acids is 1. The van der Waals surface area contributed by atoms with E-state index in [0.717, 1.165) is 52.7 Å². The summed E-state index contributed by atoms with van der Waals surface area (Å²) in [6, 6.07) is 13.1. The second kappa shape index (κ2) is 7.40. The van der Waals surface area contributed by atoms with Crippen LogP contribution in [-0.2, 0) is 6.42 Å². The lowest BCUT2D eigenvalue weighted by atomic mass is 9.99. The van der Waals surface area contributed by atoms with E-state index in [1.165, 1.54) is 0 Å². The minimum absolute atomic E-state index is 0.299. The highest BCUT2D eigenvalue weighted by molar-refractivity contribution is 5.97. The van der Waals surface area contributed by atoms with Crippen LogP contribution in [0.25, 0.3) is 22.2 Å². The van der Waals surface area contributed by atoms with Crippen molar-refractivity contribution in [1.29, 1.82) is 0 Å². The number of aromatic amines is 1. The first-order valence-electron chi connectivity index (χ1n) is 8.36. The van der Waals surface area contributed by atoms with E-state index < -0.39 is 5.97 Å². The number of nitrogens with two attached hydrogens (primary N) is 1. The zero-order valence-electron chi connectivity index (χ0n) is 14.2. The van der Waals surface area contributed by atoms with Crippen molar-refractivity contribution in [2.45, 2.75) is 19.3 Å². The highest BCUT2D eigenvalue weighted by atomic mass is 16.5. The molecule has 1 aromatic heterocycles. The minimum Gasteiger partial charge on any atom is -0.497 e. The molecule has 0 aliphatic heterocycles. The molecule has 1 heterocycles. The molecule has 0 saturated carbocycles. The van der Waals surface area contributed by atoms with Crippen LogP contribution in [0.3, 0.4) is 0 Å². The quantitative estimate of drug-likeness (QED) is 0.571. The van der Waals surface area contributed by atoms with Crippen molar-refractivity contribution >= 4 is 16.9 Å². The van der Waals surface area contributed by atoms with E-state index in [-0.39, 0.29) is 0 Å². The number of H-pyrrole nitrogens is 1. The Kier molecular flexibility index (Phi) is 5.05. The van der Waals surface area contributed by atoms with E-state index in [0.29, 0.717) is 12.1 Å². The SMILES string of the molecule is COc1ccc(-c2[nH]c3ccc(C(=O)O)cc3c2CCCCN)cc1. The lowest BCUT2D eigenvalue weighted by Gasteiger charge is -2.06. The number of nitrogens with one attached hydrogen (secondary N) is 1. The maximum absolute atomic E-state index is 11.3. The van der Waals surface area contributed by atoms with E-state index in [4.69, 9.17) is 10.5 Å². The average molecular weight is 338 g/mol. The number of fused-ring (bicyclic) bond motifs is 1. The number of rotatable bonds is 7. The van der Waals surface area contributed by atoms with Gasteiger partial charge in [-0.25, -0.2) is 4.79 Å². The van der Waals surface area contributed by atoms with Crippen LogP contribution in [0.15, 0.2) is 42.5 Å². The monoisotopic (exact) mass is 338 g/mol. The second-order valence-corrected chi connectivity index (χ2v) is 6.02. The number of aryl methyl sites for hydroxylation is 1. The topological polar surface area (TPSA) is 88.3 Å². The summed E-state index contributed by atoms with van der Waals surface area (Å²) in [7, 11) is 1.64. The van der Waals surface area contributed by atoms with Crippen LogP contribution in [0, 0.1) is 0 Å². The normalized spacial score (nSPS) is 11.0. The zero-order valence-corrected chi connectivity index (χ0v) is 14.2. The molecular formula is C20H22N2O3. The van der Waals surface area contributed by atoms with Crippen molar-refractivity contribution in [2.75, 3.05) is 13.7 Å². The first-order valence-corrected chi connectivity index (χ1v) is 8.36. The van der Waals surface area contributed by atoms with Crippen LogP contribution in [0.1, 0.15) is 28.8 Å². The smallest absolute Gasteiger partial charge is 0.335 e. The molecule has 0 aliphatic rings. The molecule has 0 fully saturated rings. The molecule has 130 valence electrons. The molecule has 0 aliphatic carbocycles. The summed E-state index contributed by atoms with van der Waals surface area (Å²) in [5.74, 6) is -0.111. The summed E-state index contributed by atoms with van der Waals surface area (Å²) in [4.78, 5) is 14.8. The Morgan fingerprint density at radius 1 is 1.16 bits per heavy atom. The summed E-state index contributed by atoms with van der Waals surface area (Å²) in [5.41, 5.74) is 10.1. The first kappa shape index (κ1) is 17.0. The first-order chi connectivity index (χ1) is 12.1. The third-order valence-corrected chi connectivity index (χ3v) is 4.41. The van der Waals surface area contributed by atoms with Crippen molar-refractivity contribution in [3.05, 3.63) is 53.6 Å². The van der Waals surface area contributed by atoms with Crippen LogP contribution in [-0.4, -0.2) is 29.7 Å². The van der Waals surface area contributed by atoms with Crippen LogP contribution in [0.4, 0.5) is 0 Å². The van der Waals surface area contributed by atoms with Gasteiger partial charge in [0, 0.05) is 16.6 Å². The Balaban J connectivity index is 2.11. The number of methoxy groups -OCH3 is 1. The van der Waals surface area contributed by atoms with Crippen molar-refractivity contribution in [2.24, 2.45) is 5.73 Å². The molecule has 0 amide bonds. The predicted molar refractivity (Wildman–Crippen MR) is 99.2 cm³/mol.